The van der Waals surface area contributed by atoms with Crippen LogP contribution in [0.5, 0.6) is 0 Å². The Bertz CT molecular complexity index is 549. The van der Waals surface area contributed by atoms with Crippen molar-refractivity contribution in [1.82, 2.24) is 4.31 Å². The maximum atomic E-state index is 12.3. The molecule has 0 radical (unpaired) electrons. The molecular weight excluding hydrogens is 262 g/mol. The van der Waals surface area contributed by atoms with Crippen molar-refractivity contribution in [1.29, 1.82) is 0 Å². The number of nitrogen functional groups attached to an aromatic ring is 1. The fraction of sp³-hybridized carbons (Fsp3) is 0.538. The molecule has 1 saturated heterocycles. The average molecular weight is 283 g/mol. The normalized spacial score (nSPS) is 18.4. The van der Waals surface area contributed by atoms with Crippen LogP contribution in [0.3, 0.4) is 0 Å². The zero-order valence-corrected chi connectivity index (χ0v) is 12.2. The number of hydrogen-bond donors (Lipinski definition) is 2. The van der Waals surface area contributed by atoms with Gasteiger partial charge in [0.15, 0.2) is 0 Å². The van der Waals surface area contributed by atoms with E-state index in [1.807, 2.05) is 6.92 Å². The first-order valence-electron chi connectivity index (χ1n) is 6.52. The Morgan fingerprint density at radius 1 is 1.32 bits per heavy atom. The monoisotopic (exact) mass is 283 g/mol. The van der Waals surface area contributed by atoms with Gasteiger partial charge in [-0.25, -0.2) is 0 Å². The van der Waals surface area contributed by atoms with Gasteiger partial charge < -0.3 is 5.73 Å². The van der Waals surface area contributed by atoms with Gasteiger partial charge in [0.2, 0.25) is 0 Å². The van der Waals surface area contributed by atoms with Gasteiger partial charge in [0.25, 0.3) is 0 Å². The van der Waals surface area contributed by atoms with E-state index in [-0.39, 0.29) is 0 Å². The van der Waals surface area contributed by atoms with Crippen LogP contribution in [0, 0.1) is 12.8 Å². The highest BCUT2D eigenvalue weighted by Gasteiger charge is 2.26. The summed E-state index contributed by atoms with van der Waals surface area (Å²) in [4.78, 5) is 0. The third kappa shape index (κ3) is 3.39. The summed E-state index contributed by atoms with van der Waals surface area (Å²) < 4.78 is 28.7. The Labute approximate surface area is 115 Å². The van der Waals surface area contributed by atoms with E-state index in [1.54, 1.807) is 18.2 Å². The van der Waals surface area contributed by atoms with Crippen LogP contribution in [-0.4, -0.2) is 25.8 Å². The quantitative estimate of drug-likeness (QED) is 0.833. The first-order chi connectivity index (χ1) is 8.88. The van der Waals surface area contributed by atoms with Crippen LogP contribution in [0.25, 0.3) is 0 Å². The van der Waals surface area contributed by atoms with Crippen LogP contribution in [0.4, 0.5) is 11.4 Å². The fourth-order valence-electron chi connectivity index (χ4n) is 2.23. The zero-order chi connectivity index (χ0) is 14.0. The molecule has 5 nitrogen and oxygen atoms in total. The molecule has 1 aromatic carbocycles. The lowest BCUT2D eigenvalue weighted by Gasteiger charge is -2.29. The van der Waals surface area contributed by atoms with Gasteiger partial charge in [-0.3, -0.25) is 4.72 Å². The highest BCUT2D eigenvalue weighted by atomic mass is 32.2. The van der Waals surface area contributed by atoms with E-state index < -0.39 is 10.2 Å². The Kier molecular flexibility index (Phi) is 4.01. The largest absolute Gasteiger partial charge is 0.399 e. The van der Waals surface area contributed by atoms with Gasteiger partial charge >= 0.3 is 10.2 Å². The molecule has 1 fully saturated rings. The van der Waals surface area contributed by atoms with Crippen molar-refractivity contribution in [3.8, 4) is 0 Å². The second-order valence-electron chi connectivity index (χ2n) is 5.26. The molecule has 2 rings (SSSR count). The van der Waals surface area contributed by atoms with Crippen LogP contribution in [0.15, 0.2) is 18.2 Å². The third-order valence-electron chi connectivity index (χ3n) is 3.57. The number of rotatable bonds is 3. The summed E-state index contributed by atoms with van der Waals surface area (Å²) in [7, 11) is -3.45. The number of benzene rings is 1. The van der Waals surface area contributed by atoms with Crippen LogP contribution < -0.4 is 10.5 Å². The summed E-state index contributed by atoms with van der Waals surface area (Å²) in [6.45, 7) is 5.17. The standard InChI is InChI=1S/C13H21N3O2S/c1-10-5-7-16(8-6-10)19(17,18)15-13-4-3-12(14)9-11(13)2/h3-4,9-10,15H,5-8,14H2,1-2H3. The number of nitrogens with one attached hydrogen (secondary N) is 1. The summed E-state index contributed by atoms with van der Waals surface area (Å²) in [5.41, 5.74) is 7.71. The molecular formula is C13H21N3O2S. The molecule has 106 valence electrons. The van der Waals surface area contributed by atoms with Crippen molar-refractivity contribution in [2.45, 2.75) is 26.7 Å². The first kappa shape index (κ1) is 14.1. The lowest BCUT2D eigenvalue weighted by Crippen LogP contribution is -2.41. The van der Waals surface area contributed by atoms with Crippen molar-refractivity contribution < 1.29 is 8.42 Å². The predicted octanol–water partition coefficient (Wildman–Crippen LogP) is 1.97. The summed E-state index contributed by atoms with van der Waals surface area (Å²) in [6.07, 6.45) is 1.84. The number of anilines is 2. The van der Waals surface area contributed by atoms with Crippen LogP contribution in [0.1, 0.15) is 25.3 Å². The lowest BCUT2D eigenvalue weighted by molar-refractivity contribution is 0.289. The maximum Gasteiger partial charge on any atom is 0.301 e. The summed E-state index contributed by atoms with van der Waals surface area (Å²) in [6, 6.07) is 5.16. The van der Waals surface area contributed by atoms with E-state index in [2.05, 4.69) is 11.6 Å². The molecule has 1 heterocycles. The topological polar surface area (TPSA) is 75.4 Å². The van der Waals surface area contributed by atoms with E-state index in [1.165, 1.54) is 4.31 Å². The Morgan fingerprint density at radius 3 is 2.53 bits per heavy atom. The molecule has 1 aliphatic rings. The first-order valence-corrected chi connectivity index (χ1v) is 7.96. The van der Waals surface area contributed by atoms with Gasteiger partial charge in [0.1, 0.15) is 0 Å². The number of nitrogens with zero attached hydrogens (tertiary/aromatic N) is 1. The summed E-state index contributed by atoms with van der Waals surface area (Å²) in [5.74, 6) is 0.602. The van der Waals surface area contributed by atoms with E-state index in [0.29, 0.717) is 30.4 Å². The molecule has 0 aliphatic carbocycles. The SMILES string of the molecule is Cc1cc(N)ccc1NS(=O)(=O)N1CCC(C)CC1. The zero-order valence-electron chi connectivity index (χ0n) is 11.4. The highest BCUT2D eigenvalue weighted by Crippen LogP contribution is 2.23. The minimum Gasteiger partial charge on any atom is -0.399 e. The summed E-state index contributed by atoms with van der Waals surface area (Å²) >= 11 is 0. The van der Waals surface area contributed by atoms with Crippen LogP contribution in [-0.2, 0) is 10.2 Å². The molecule has 19 heavy (non-hydrogen) atoms. The average Bonchev–Trinajstić information content (AvgIpc) is 2.33. The van der Waals surface area contributed by atoms with Crippen molar-refractivity contribution in [3.63, 3.8) is 0 Å². The van der Waals surface area contributed by atoms with Crippen LogP contribution >= 0.6 is 0 Å². The second kappa shape index (κ2) is 5.38. The number of hydrogen-bond acceptors (Lipinski definition) is 3. The van der Waals surface area contributed by atoms with E-state index in [9.17, 15) is 8.42 Å². The van der Waals surface area contributed by atoms with Gasteiger partial charge in [0, 0.05) is 18.8 Å². The molecule has 6 heteroatoms. The Morgan fingerprint density at radius 2 is 1.95 bits per heavy atom. The van der Waals surface area contributed by atoms with Crippen molar-refractivity contribution in [2.75, 3.05) is 23.5 Å². The second-order valence-corrected chi connectivity index (χ2v) is 6.93. The number of piperidine rings is 1. The lowest BCUT2D eigenvalue weighted by atomic mass is 10.0. The predicted molar refractivity (Wildman–Crippen MR) is 78.1 cm³/mol. The van der Waals surface area contributed by atoms with Crippen LogP contribution in [0.2, 0.25) is 0 Å². The van der Waals surface area contributed by atoms with Crippen molar-refractivity contribution >= 4 is 21.6 Å². The maximum absolute atomic E-state index is 12.3. The van der Waals surface area contributed by atoms with Crippen molar-refractivity contribution in [2.24, 2.45) is 5.92 Å². The molecule has 0 amide bonds. The summed E-state index contributed by atoms with van der Waals surface area (Å²) in [5, 5.41) is 0. The number of nitrogens with two attached hydrogens (primary N) is 1. The van der Waals surface area contributed by atoms with Gasteiger partial charge in [-0.1, -0.05) is 6.92 Å². The number of aryl methyl sites for hydroxylation is 1. The minimum atomic E-state index is -3.45. The van der Waals surface area contributed by atoms with Gasteiger partial charge in [-0.05, 0) is 49.4 Å². The van der Waals surface area contributed by atoms with Crippen molar-refractivity contribution in [3.05, 3.63) is 23.8 Å². The molecule has 0 spiro atoms. The molecule has 0 atom stereocenters. The van der Waals surface area contributed by atoms with Gasteiger partial charge in [-0.15, -0.1) is 0 Å². The molecule has 0 unspecified atom stereocenters. The Hall–Kier alpha value is -1.27. The Balaban J connectivity index is 2.12. The molecule has 0 bridgehead atoms. The smallest absolute Gasteiger partial charge is 0.301 e. The minimum absolute atomic E-state index is 0.588. The molecule has 0 aromatic heterocycles. The molecule has 1 aromatic rings. The van der Waals surface area contributed by atoms with Gasteiger partial charge in [-0.2, -0.15) is 12.7 Å². The highest BCUT2D eigenvalue weighted by molar-refractivity contribution is 7.90. The molecule has 0 saturated carbocycles. The van der Waals surface area contributed by atoms with E-state index in [0.717, 1.165) is 18.4 Å². The molecule has 3 N–H and O–H groups in total. The fourth-order valence-corrected chi connectivity index (χ4v) is 3.56. The third-order valence-corrected chi connectivity index (χ3v) is 5.09. The van der Waals surface area contributed by atoms with E-state index >= 15 is 0 Å². The van der Waals surface area contributed by atoms with E-state index in [4.69, 9.17) is 5.73 Å². The van der Waals surface area contributed by atoms with Gasteiger partial charge in [0.05, 0.1) is 5.69 Å². The molecule has 1 aliphatic heterocycles.